The van der Waals surface area contributed by atoms with E-state index in [2.05, 4.69) is 5.97 Å². The fraction of sp³-hybridized carbons (Fsp3) is 0.455. The van der Waals surface area contributed by atoms with Crippen LogP contribution in [0.25, 0.3) is 0 Å². The number of fused-ring (bicyclic) bond motifs is 1. The molecule has 0 aromatic carbocycles. The first-order valence-electron chi connectivity index (χ1n) is 5.28. The molecular weight excluding hydrogens is 221 g/mol. The molecular formula is C11H12BNO2S. The molecule has 0 saturated carbocycles. The fourth-order valence-electron chi connectivity index (χ4n) is 2.27. The van der Waals surface area contributed by atoms with Crippen LogP contribution in [0.4, 0.5) is 0 Å². The summed E-state index contributed by atoms with van der Waals surface area (Å²) in [5.74, 6) is 1.81. The number of nitriles is 1. The maximum atomic E-state index is 11.0. The minimum atomic E-state index is -0.832. The van der Waals surface area contributed by atoms with Crippen LogP contribution in [0.3, 0.4) is 0 Å². The quantitative estimate of drug-likeness (QED) is 0.798. The Labute approximate surface area is 98.8 Å². The summed E-state index contributed by atoms with van der Waals surface area (Å²) in [7, 11) is 0. The lowest BCUT2D eigenvalue weighted by molar-refractivity contribution is 0.0701. The van der Waals surface area contributed by atoms with Gasteiger partial charge >= 0.3 is 5.97 Å². The van der Waals surface area contributed by atoms with Crippen LogP contribution in [0.5, 0.6) is 0 Å². The van der Waals surface area contributed by atoms with Crippen molar-refractivity contribution in [3.8, 4) is 5.97 Å². The lowest BCUT2D eigenvalue weighted by Crippen LogP contribution is -2.15. The van der Waals surface area contributed by atoms with E-state index in [1.807, 2.05) is 13.7 Å². The molecule has 1 aromatic heterocycles. The van der Waals surface area contributed by atoms with E-state index in [1.54, 1.807) is 0 Å². The fourth-order valence-corrected chi connectivity index (χ4v) is 3.54. The monoisotopic (exact) mass is 233 g/mol. The van der Waals surface area contributed by atoms with Crippen LogP contribution in [0.1, 0.15) is 25.7 Å². The van der Waals surface area contributed by atoms with Gasteiger partial charge in [0.25, 0.3) is 6.71 Å². The van der Waals surface area contributed by atoms with Gasteiger partial charge in [-0.15, -0.1) is 11.3 Å². The Balaban J connectivity index is 2.29. The van der Waals surface area contributed by atoms with Gasteiger partial charge in [0.2, 0.25) is 0 Å². The average molecular weight is 233 g/mol. The van der Waals surface area contributed by atoms with Crippen molar-refractivity contribution in [3.63, 3.8) is 0 Å². The first-order chi connectivity index (χ1) is 7.54. The van der Waals surface area contributed by atoms with Gasteiger partial charge in [-0.2, -0.15) is 0 Å². The van der Waals surface area contributed by atoms with Gasteiger partial charge < -0.3 is 5.11 Å². The second-order valence-corrected chi connectivity index (χ2v) is 5.45. The van der Waals surface area contributed by atoms with Crippen molar-refractivity contribution in [2.24, 2.45) is 0 Å². The third-order valence-corrected chi connectivity index (χ3v) is 4.72. The number of hydrogen-bond donors (Lipinski definition) is 1. The molecule has 0 radical (unpaired) electrons. The SMILES string of the molecule is CB(C#N)C1Cc2sc(C(=O)O)c(C)c2C1. The predicted molar refractivity (Wildman–Crippen MR) is 64.4 cm³/mol. The molecule has 0 saturated heterocycles. The minimum Gasteiger partial charge on any atom is -0.477 e. The van der Waals surface area contributed by atoms with Crippen LogP contribution in [0.15, 0.2) is 0 Å². The highest BCUT2D eigenvalue weighted by Crippen LogP contribution is 2.40. The standard InChI is InChI=1S/C11H12BNO2S/c1-6-8-3-7(12(2)5-13)4-9(8)16-10(6)11(14)15/h7H,3-4H2,1-2H3,(H,14,15). The molecule has 0 spiro atoms. The van der Waals surface area contributed by atoms with E-state index in [9.17, 15) is 4.79 Å². The number of aromatic carboxylic acids is 1. The van der Waals surface area contributed by atoms with Crippen LogP contribution in [-0.2, 0) is 12.8 Å². The molecule has 16 heavy (non-hydrogen) atoms. The number of carboxylic acids is 1. The largest absolute Gasteiger partial charge is 0.477 e. The summed E-state index contributed by atoms with van der Waals surface area (Å²) in [6.07, 6.45) is 1.72. The number of carbonyl (C=O) groups is 1. The molecule has 1 heterocycles. The van der Waals surface area contributed by atoms with Gasteiger partial charge in [0.1, 0.15) is 4.88 Å². The van der Waals surface area contributed by atoms with Gasteiger partial charge in [0.15, 0.2) is 0 Å². The highest BCUT2D eigenvalue weighted by Gasteiger charge is 2.33. The van der Waals surface area contributed by atoms with Gasteiger partial charge in [-0.3, -0.25) is 0 Å². The summed E-state index contributed by atoms with van der Waals surface area (Å²) >= 11 is 1.38. The van der Waals surface area contributed by atoms with Crippen LogP contribution >= 0.6 is 11.3 Å². The van der Waals surface area contributed by atoms with Crippen LogP contribution in [0, 0.1) is 18.2 Å². The summed E-state index contributed by atoms with van der Waals surface area (Å²) in [5.41, 5.74) is 2.08. The van der Waals surface area contributed by atoms with E-state index in [0.717, 1.165) is 18.4 Å². The number of thiophene rings is 1. The Bertz CT molecular complexity index is 489. The molecule has 1 unspecified atom stereocenters. The van der Waals surface area contributed by atoms with Crippen molar-refractivity contribution >= 4 is 24.0 Å². The number of carboxylic acid groups (broad SMARTS) is 1. The minimum absolute atomic E-state index is 0.0484. The normalized spacial score (nSPS) is 17.9. The average Bonchev–Trinajstić information content (AvgIpc) is 2.77. The first kappa shape index (κ1) is 11.2. The molecule has 1 aliphatic carbocycles. The van der Waals surface area contributed by atoms with Gasteiger partial charge in [-0.05, 0) is 36.7 Å². The summed E-state index contributed by atoms with van der Waals surface area (Å²) in [6, 6.07) is 0. The van der Waals surface area contributed by atoms with Crippen LogP contribution in [-0.4, -0.2) is 17.8 Å². The molecule has 1 aromatic rings. The highest BCUT2D eigenvalue weighted by atomic mass is 32.1. The Hall–Kier alpha value is -1.28. The Morgan fingerprint density at radius 3 is 2.81 bits per heavy atom. The maximum Gasteiger partial charge on any atom is 0.346 e. The molecule has 5 heteroatoms. The third-order valence-electron chi connectivity index (χ3n) is 3.37. The van der Waals surface area contributed by atoms with E-state index < -0.39 is 5.97 Å². The zero-order chi connectivity index (χ0) is 11.9. The molecule has 1 atom stereocenters. The van der Waals surface area contributed by atoms with E-state index in [4.69, 9.17) is 10.4 Å². The topological polar surface area (TPSA) is 61.1 Å². The smallest absolute Gasteiger partial charge is 0.346 e. The van der Waals surface area contributed by atoms with E-state index in [-0.39, 0.29) is 6.71 Å². The molecule has 0 aliphatic heterocycles. The van der Waals surface area contributed by atoms with E-state index in [0.29, 0.717) is 10.7 Å². The summed E-state index contributed by atoms with van der Waals surface area (Å²) in [6.45, 7) is 3.86. The predicted octanol–water partition coefficient (Wildman–Crippen LogP) is 2.41. The van der Waals surface area contributed by atoms with Gasteiger partial charge in [-0.25, -0.2) is 10.1 Å². The Kier molecular flexibility index (Phi) is 2.77. The molecule has 1 N–H and O–H groups in total. The summed E-state index contributed by atoms with van der Waals surface area (Å²) in [5, 5.41) is 17.9. The Morgan fingerprint density at radius 1 is 1.62 bits per heavy atom. The van der Waals surface area contributed by atoms with E-state index >= 15 is 0 Å². The third kappa shape index (κ3) is 1.63. The van der Waals surface area contributed by atoms with Crippen molar-refractivity contribution < 1.29 is 9.90 Å². The number of hydrogen-bond acceptors (Lipinski definition) is 3. The highest BCUT2D eigenvalue weighted by molar-refractivity contribution is 7.14. The van der Waals surface area contributed by atoms with Crippen molar-refractivity contribution in [3.05, 3.63) is 20.9 Å². The summed E-state index contributed by atoms with van der Waals surface area (Å²) < 4.78 is 0. The molecule has 3 nitrogen and oxygen atoms in total. The lowest BCUT2D eigenvalue weighted by atomic mass is 9.43. The molecule has 1 aliphatic rings. The van der Waals surface area contributed by atoms with Crippen molar-refractivity contribution in [1.29, 1.82) is 5.26 Å². The second kappa shape index (κ2) is 3.95. The van der Waals surface area contributed by atoms with Gasteiger partial charge in [0, 0.05) is 10.8 Å². The zero-order valence-electron chi connectivity index (χ0n) is 9.28. The number of rotatable bonds is 2. The van der Waals surface area contributed by atoms with Crippen molar-refractivity contribution in [2.45, 2.75) is 32.4 Å². The first-order valence-corrected chi connectivity index (χ1v) is 6.10. The molecule has 0 bridgehead atoms. The number of nitrogens with zero attached hydrogens (tertiary/aromatic N) is 1. The Morgan fingerprint density at radius 2 is 2.31 bits per heavy atom. The van der Waals surface area contributed by atoms with Gasteiger partial charge in [0.05, 0.1) is 0 Å². The van der Waals surface area contributed by atoms with Crippen molar-refractivity contribution in [1.82, 2.24) is 0 Å². The second-order valence-electron chi connectivity index (χ2n) is 4.35. The van der Waals surface area contributed by atoms with E-state index in [1.165, 1.54) is 21.8 Å². The molecule has 82 valence electrons. The van der Waals surface area contributed by atoms with Crippen LogP contribution < -0.4 is 0 Å². The van der Waals surface area contributed by atoms with Crippen molar-refractivity contribution in [2.75, 3.05) is 0 Å². The zero-order valence-corrected chi connectivity index (χ0v) is 10.1. The lowest BCUT2D eigenvalue weighted by Gasteiger charge is -2.07. The molecule has 0 fully saturated rings. The molecule has 2 rings (SSSR count). The molecule has 0 amide bonds. The van der Waals surface area contributed by atoms with Gasteiger partial charge in [-0.1, -0.05) is 6.82 Å². The maximum absolute atomic E-state index is 11.0. The summed E-state index contributed by atoms with van der Waals surface area (Å²) in [4.78, 5) is 12.6. The van der Waals surface area contributed by atoms with Crippen LogP contribution in [0.2, 0.25) is 12.6 Å².